The summed E-state index contributed by atoms with van der Waals surface area (Å²) in [6.07, 6.45) is 0.619. The van der Waals surface area contributed by atoms with Crippen molar-refractivity contribution in [3.63, 3.8) is 0 Å². The lowest BCUT2D eigenvalue weighted by molar-refractivity contribution is 0.0680. The zero-order valence-electron chi connectivity index (χ0n) is 11.1. The standard InChI is InChI=1S/C14H21O2Si/c1-13(2,14(3,4)17)16-12-8-6-5-7-11(12)9-10-15/h5-8,15H,9-10H2,1-4H3. The molecule has 0 amide bonds. The van der Waals surface area contributed by atoms with E-state index < -0.39 is 0 Å². The quantitative estimate of drug-likeness (QED) is 0.813. The fourth-order valence-electron chi connectivity index (χ4n) is 1.33. The first-order valence-electron chi connectivity index (χ1n) is 5.91. The van der Waals surface area contributed by atoms with Crippen LogP contribution in [0, 0.1) is 0 Å². The number of aliphatic hydroxyl groups is 1. The van der Waals surface area contributed by atoms with E-state index in [0.717, 1.165) is 11.3 Å². The zero-order valence-corrected chi connectivity index (χ0v) is 12.1. The molecular weight excluding hydrogens is 228 g/mol. The molecule has 0 fully saturated rings. The van der Waals surface area contributed by atoms with E-state index in [2.05, 4.69) is 37.9 Å². The molecule has 17 heavy (non-hydrogen) atoms. The van der Waals surface area contributed by atoms with Crippen LogP contribution in [-0.4, -0.2) is 27.6 Å². The number of ether oxygens (including phenoxy) is 1. The van der Waals surface area contributed by atoms with Crippen molar-refractivity contribution in [1.82, 2.24) is 0 Å². The summed E-state index contributed by atoms with van der Waals surface area (Å²) in [7, 11) is 3.70. The van der Waals surface area contributed by atoms with Crippen molar-refractivity contribution in [1.29, 1.82) is 0 Å². The van der Waals surface area contributed by atoms with Gasteiger partial charge in [-0.3, -0.25) is 0 Å². The lowest BCUT2D eigenvalue weighted by atomic mass is 9.93. The number of hydrogen-bond donors (Lipinski definition) is 1. The van der Waals surface area contributed by atoms with Gasteiger partial charge in [0.05, 0.1) is 0 Å². The highest BCUT2D eigenvalue weighted by molar-refractivity contribution is 6.15. The first-order chi connectivity index (χ1) is 7.78. The van der Waals surface area contributed by atoms with Gasteiger partial charge >= 0.3 is 0 Å². The van der Waals surface area contributed by atoms with Crippen LogP contribution < -0.4 is 4.74 Å². The van der Waals surface area contributed by atoms with Gasteiger partial charge in [-0.1, -0.05) is 32.0 Å². The van der Waals surface area contributed by atoms with Crippen LogP contribution in [-0.2, 0) is 6.42 Å². The fraction of sp³-hybridized carbons (Fsp3) is 0.571. The first-order valence-corrected chi connectivity index (χ1v) is 6.41. The summed E-state index contributed by atoms with van der Waals surface area (Å²) in [5.74, 6) is 0.845. The van der Waals surface area contributed by atoms with E-state index in [1.165, 1.54) is 0 Å². The van der Waals surface area contributed by atoms with Crippen molar-refractivity contribution >= 4 is 10.2 Å². The fourth-order valence-corrected chi connectivity index (χ4v) is 1.38. The minimum atomic E-state index is -0.338. The number of aliphatic hydroxyl groups excluding tert-OH is 1. The van der Waals surface area contributed by atoms with Crippen LogP contribution in [0.4, 0.5) is 0 Å². The molecule has 1 aromatic rings. The minimum absolute atomic E-state index is 0.137. The van der Waals surface area contributed by atoms with Crippen molar-refractivity contribution in [3.8, 4) is 5.75 Å². The molecule has 0 saturated heterocycles. The van der Waals surface area contributed by atoms with Gasteiger partial charge in [0.25, 0.3) is 0 Å². The Labute approximate surface area is 107 Å². The van der Waals surface area contributed by atoms with E-state index in [4.69, 9.17) is 9.84 Å². The van der Waals surface area contributed by atoms with Crippen molar-refractivity contribution in [3.05, 3.63) is 29.8 Å². The molecule has 0 bridgehead atoms. The highest BCUT2D eigenvalue weighted by Crippen LogP contribution is 2.38. The largest absolute Gasteiger partial charge is 0.487 e. The Balaban J connectivity index is 2.95. The Morgan fingerprint density at radius 2 is 1.76 bits per heavy atom. The molecule has 0 aliphatic rings. The van der Waals surface area contributed by atoms with Crippen LogP contribution in [0.3, 0.4) is 0 Å². The summed E-state index contributed by atoms with van der Waals surface area (Å²) in [6.45, 7) is 8.40. The molecule has 0 unspecified atom stereocenters. The molecule has 0 heterocycles. The summed E-state index contributed by atoms with van der Waals surface area (Å²) < 4.78 is 6.09. The number of benzene rings is 1. The Morgan fingerprint density at radius 3 is 2.29 bits per heavy atom. The van der Waals surface area contributed by atoms with Crippen LogP contribution >= 0.6 is 0 Å². The van der Waals surface area contributed by atoms with E-state index in [0.29, 0.717) is 6.42 Å². The second kappa shape index (κ2) is 5.23. The van der Waals surface area contributed by atoms with Gasteiger partial charge in [0.2, 0.25) is 0 Å². The maximum absolute atomic E-state index is 9.04. The summed E-state index contributed by atoms with van der Waals surface area (Å²) >= 11 is 0. The van der Waals surface area contributed by atoms with Gasteiger partial charge in [0, 0.05) is 16.8 Å². The lowest BCUT2D eigenvalue weighted by Gasteiger charge is -2.39. The highest BCUT2D eigenvalue weighted by atomic mass is 28.1. The Morgan fingerprint density at radius 1 is 1.18 bits per heavy atom. The molecule has 1 N–H and O–H groups in total. The van der Waals surface area contributed by atoms with Crippen molar-refractivity contribution in [2.24, 2.45) is 0 Å². The molecule has 2 nitrogen and oxygen atoms in total. The van der Waals surface area contributed by atoms with Crippen LogP contribution in [0.25, 0.3) is 0 Å². The Kier molecular flexibility index (Phi) is 4.39. The van der Waals surface area contributed by atoms with Gasteiger partial charge in [0.1, 0.15) is 11.4 Å². The van der Waals surface area contributed by atoms with Crippen LogP contribution in [0.15, 0.2) is 24.3 Å². The summed E-state index contributed by atoms with van der Waals surface area (Å²) in [4.78, 5) is 0. The molecular formula is C14H21O2Si. The van der Waals surface area contributed by atoms with Gasteiger partial charge in [-0.15, -0.1) is 0 Å². The summed E-state index contributed by atoms with van der Waals surface area (Å²) in [5.41, 5.74) is 0.703. The summed E-state index contributed by atoms with van der Waals surface area (Å²) in [6, 6.07) is 7.85. The molecule has 3 heteroatoms. The SMILES string of the molecule is CC(C)([Si])C(C)(C)Oc1ccccc1CCO. The molecule has 0 saturated carbocycles. The molecule has 3 radical (unpaired) electrons. The molecule has 0 aromatic heterocycles. The summed E-state index contributed by atoms with van der Waals surface area (Å²) in [5, 5.41) is 8.90. The van der Waals surface area contributed by atoms with Crippen LogP contribution in [0.5, 0.6) is 5.75 Å². The third-order valence-electron chi connectivity index (χ3n) is 3.22. The molecule has 0 atom stereocenters. The van der Waals surface area contributed by atoms with E-state index in [-0.39, 0.29) is 17.2 Å². The van der Waals surface area contributed by atoms with Gasteiger partial charge in [-0.25, -0.2) is 0 Å². The average Bonchev–Trinajstić information content (AvgIpc) is 2.19. The second-order valence-electron chi connectivity index (χ2n) is 5.32. The van der Waals surface area contributed by atoms with E-state index in [1.54, 1.807) is 0 Å². The number of para-hydroxylation sites is 1. The second-order valence-corrected chi connectivity index (χ2v) is 6.57. The van der Waals surface area contributed by atoms with Crippen molar-refractivity contribution < 1.29 is 9.84 Å². The topological polar surface area (TPSA) is 29.5 Å². The van der Waals surface area contributed by atoms with E-state index in [1.807, 2.05) is 24.3 Å². The molecule has 0 aliphatic heterocycles. The first kappa shape index (κ1) is 14.3. The monoisotopic (exact) mass is 249 g/mol. The van der Waals surface area contributed by atoms with Gasteiger partial charge in [-0.2, -0.15) is 0 Å². The number of hydrogen-bond acceptors (Lipinski definition) is 2. The normalized spacial score (nSPS) is 12.6. The maximum Gasteiger partial charge on any atom is 0.123 e. The van der Waals surface area contributed by atoms with E-state index >= 15 is 0 Å². The van der Waals surface area contributed by atoms with Gasteiger partial charge in [0.15, 0.2) is 0 Å². The highest BCUT2D eigenvalue weighted by Gasteiger charge is 2.35. The molecule has 93 valence electrons. The maximum atomic E-state index is 9.04. The zero-order chi connectivity index (χ0) is 13.1. The van der Waals surface area contributed by atoms with E-state index in [9.17, 15) is 0 Å². The van der Waals surface area contributed by atoms with Crippen LogP contribution in [0.1, 0.15) is 33.3 Å². The third-order valence-corrected chi connectivity index (χ3v) is 3.83. The molecule has 1 rings (SSSR count). The molecule has 0 spiro atoms. The predicted molar refractivity (Wildman–Crippen MR) is 71.7 cm³/mol. The van der Waals surface area contributed by atoms with Gasteiger partial charge in [-0.05, 0) is 36.9 Å². The van der Waals surface area contributed by atoms with Crippen molar-refractivity contribution in [2.75, 3.05) is 6.61 Å². The minimum Gasteiger partial charge on any atom is -0.487 e. The lowest BCUT2D eigenvalue weighted by Crippen LogP contribution is -2.40. The average molecular weight is 249 g/mol. The van der Waals surface area contributed by atoms with Gasteiger partial charge < -0.3 is 9.84 Å². The van der Waals surface area contributed by atoms with Crippen LogP contribution in [0.2, 0.25) is 5.04 Å². The smallest absolute Gasteiger partial charge is 0.123 e. The molecule has 1 aromatic carbocycles. The Hall–Kier alpha value is -0.803. The van der Waals surface area contributed by atoms with Crippen molar-refractivity contribution in [2.45, 2.75) is 44.8 Å². The third kappa shape index (κ3) is 3.58. The number of rotatable bonds is 5. The molecule has 0 aliphatic carbocycles. The Bertz CT molecular complexity index is 367. The predicted octanol–water partition coefficient (Wildman–Crippen LogP) is 2.75.